The maximum Gasteiger partial charge on any atom is 0.261 e. The number of amides is 1. The summed E-state index contributed by atoms with van der Waals surface area (Å²) in [7, 11) is 1.50. The van der Waals surface area contributed by atoms with E-state index >= 15 is 0 Å². The normalized spacial score (nSPS) is 11.2. The molecule has 2 rings (SSSR count). The van der Waals surface area contributed by atoms with Crippen molar-refractivity contribution in [3.8, 4) is 0 Å². The van der Waals surface area contributed by atoms with Crippen molar-refractivity contribution < 1.29 is 13.2 Å². The van der Waals surface area contributed by atoms with Crippen LogP contribution in [0.5, 0.6) is 0 Å². The molecule has 5 nitrogen and oxygen atoms in total. The number of nitrogens with zero attached hydrogens (tertiary/aromatic N) is 1. The van der Waals surface area contributed by atoms with Gasteiger partial charge in [-0.15, -0.1) is 0 Å². The molecule has 2 aromatic rings. The Hall–Kier alpha value is -1.92. The first-order valence-corrected chi connectivity index (χ1v) is 8.37. The van der Waals surface area contributed by atoms with E-state index in [4.69, 9.17) is 10.7 Å². The number of carbonyl (C=O) groups is 1. The molecule has 0 radical (unpaired) electrons. The van der Waals surface area contributed by atoms with E-state index in [1.165, 1.54) is 18.2 Å². The van der Waals surface area contributed by atoms with Gasteiger partial charge in [0, 0.05) is 33.8 Å². The van der Waals surface area contributed by atoms with E-state index in [0.717, 1.165) is 5.69 Å². The lowest BCUT2D eigenvalue weighted by molar-refractivity contribution is 0.102. The highest BCUT2D eigenvalue weighted by Gasteiger charge is 2.13. The molecule has 1 aromatic carbocycles. The molecule has 0 saturated heterocycles. The number of nitrogens with one attached hydrogen (secondary N) is 1. The van der Waals surface area contributed by atoms with Gasteiger partial charge in [-0.05, 0) is 49.7 Å². The van der Waals surface area contributed by atoms with Gasteiger partial charge in [0.2, 0.25) is 0 Å². The van der Waals surface area contributed by atoms with Gasteiger partial charge >= 0.3 is 0 Å². The molecule has 1 heterocycles. The molecule has 0 spiro atoms. The Morgan fingerprint density at radius 2 is 1.90 bits per heavy atom. The number of halogens is 1. The first-order chi connectivity index (χ1) is 9.77. The maximum absolute atomic E-state index is 12.1. The predicted molar refractivity (Wildman–Crippen MR) is 81.1 cm³/mol. The van der Waals surface area contributed by atoms with E-state index < -0.39 is 9.05 Å². The number of aryl methyl sites for hydroxylation is 2. The van der Waals surface area contributed by atoms with Crippen LogP contribution in [0.15, 0.2) is 41.4 Å². The zero-order valence-electron chi connectivity index (χ0n) is 11.4. The van der Waals surface area contributed by atoms with Gasteiger partial charge in [-0.1, -0.05) is 0 Å². The van der Waals surface area contributed by atoms with Gasteiger partial charge in [-0.25, -0.2) is 8.42 Å². The van der Waals surface area contributed by atoms with E-state index in [-0.39, 0.29) is 10.8 Å². The standard InChI is InChI=1S/C14H13ClN2O3S/c1-9-7-12(21(15,19)20)3-4-13(9)17-14(18)11-5-6-16-10(2)8-11/h3-8H,1-2H3,(H,17,18). The number of anilines is 1. The SMILES string of the molecule is Cc1cc(C(=O)Nc2ccc(S(=O)(=O)Cl)cc2C)ccn1. The van der Waals surface area contributed by atoms with Crippen molar-refractivity contribution in [1.82, 2.24) is 4.98 Å². The number of carbonyl (C=O) groups excluding carboxylic acids is 1. The molecule has 7 heteroatoms. The Labute approximate surface area is 127 Å². The van der Waals surface area contributed by atoms with Crippen molar-refractivity contribution in [3.05, 3.63) is 53.3 Å². The molecular formula is C14H13ClN2O3S. The van der Waals surface area contributed by atoms with Crippen molar-refractivity contribution in [3.63, 3.8) is 0 Å². The summed E-state index contributed by atoms with van der Waals surface area (Å²) in [6.45, 7) is 3.49. The molecule has 0 aliphatic rings. The Balaban J connectivity index is 2.26. The van der Waals surface area contributed by atoms with Gasteiger partial charge in [0.25, 0.3) is 15.0 Å². The Bertz CT molecular complexity index is 804. The van der Waals surface area contributed by atoms with E-state index in [0.29, 0.717) is 16.8 Å². The van der Waals surface area contributed by atoms with Crippen LogP contribution in [-0.4, -0.2) is 19.3 Å². The molecular weight excluding hydrogens is 312 g/mol. The fourth-order valence-corrected chi connectivity index (χ4v) is 2.65. The Morgan fingerprint density at radius 1 is 1.19 bits per heavy atom. The van der Waals surface area contributed by atoms with Crippen molar-refractivity contribution in [2.45, 2.75) is 18.7 Å². The smallest absolute Gasteiger partial charge is 0.261 e. The summed E-state index contributed by atoms with van der Waals surface area (Å²) in [5, 5.41) is 2.73. The van der Waals surface area contributed by atoms with Gasteiger partial charge < -0.3 is 5.32 Å². The molecule has 1 amide bonds. The summed E-state index contributed by atoms with van der Waals surface area (Å²) in [5.41, 5.74) is 2.35. The van der Waals surface area contributed by atoms with Gasteiger partial charge in [0.15, 0.2) is 0 Å². The summed E-state index contributed by atoms with van der Waals surface area (Å²) in [6, 6.07) is 7.55. The lowest BCUT2D eigenvalue weighted by atomic mass is 10.1. The highest BCUT2D eigenvalue weighted by molar-refractivity contribution is 8.13. The van der Waals surface area contributed by atoms with Crippen LogP contribution >= 0.6 is 10.7 Å². The largest absolute Gasteiger partial charge is 0.322 e. The minimum Gasteiger partial charge on any atom is -0.322 e. The lowest BCUT2D eigenvalue weighted by Gasteiger charge is -2.09. The first-order valence-electron chi connectivity index (χ1n) is 6.07. The topological polar surface area (TPSA) is 76.1 Å². The van der Waals surface area contributed by atoms with Crippen LogP contribution in [-0.2, 0) is 9.05 Å². The number of benzene rings is 1. The zero-order valence-corrected chi connectivity index (χ0v) is 13.0. The summed E-state index contributed by atoms with van der Waals surface area (Å²) in [4.78, 5) is 16.1. The molecule has 110 valence electrons. The minimum atomic E-state index is -3.78. The molecule has 0 fully saturated rings. The second-order valence-electron chi connectivity index (χ2n) is 4.55. The van der Waals surface area contributed by atoms with Gasteiger partial charge in [0.05, 0.1) is 4.90 Å². The number of hydrogen-bond acceptors (Lipinski definition) is 4. The van der Waals surface area contributed by atoms with Crippen LogP contribution in [0.4, 0.5) is 5.69 Å². The van der Waals surface area contributed by atoms with Crippen LogP contribution in [0, 0.1) is 13.8 Å². The van der Waals surface area contributed by atoms with E-state index in [9.17, 15) is 13.2 Å². The van der Waals surface area contributed by atoms with Crippen molar-refractivity contribution >= 4 is 31.3 Å². The molecule has 0 unspecified atom stereocenters. The summed E-state index contributed by atoms with van der Waals surface area (Å²) < 4.78 is 22.5. The summed E-state index contributed by atoms with van der Waals surface area (Å²) >= 11 is 0. The fraction of sp³-hybridized carbons (Fsp3) is 0.143. The van der Waals surface area contributed by atoms with Crippen molar-refractivity contribution in [1.29, 1.82) is 0 Å². The Morgan fingerprint density at radius 3 is 2.48 bits per heavy atom. The summed E-state index contributed by atoms with van der Waals surface area (Å²) in [5.74, 6) is -0.287. The number of aromatic nitrogens is 1. The molecule has 0 aliphatic heterocycles. The number of pyridine rings is 1. The number of rotatable bonds is 3. The average Bonchev–Trinajstić information content (AvgIpc) is 2.39. The molecule has 0 atom stereocenters. The third-order valence-corrected chi connectivity index (χ3v) is 4.24. The van der Waals surface area contributed by atoms with E-state index in [2.05, 4.69) is 10.3 Å². The molecule has 0 saturated carbocycles. The zero-order chi connectivity index (χ0) is 15.6. The van der Waals surface area contributed by atoms with Gasteiger partial charge in [-0.3, -0.25) is 9.78 Å². The van der Waals surface area contributed by atoms with Crippen LogP contribution in [0.3, 0.4) is 0 Å². The molecule has 0 aliphatic carbocycles. The van der Waals surface area contributed by atoms with Crippen LogP contribution in [0.1, 0.15) is 21.6 Å². The second-order valence-corrected chi connectivity index (χ2v) is 7.12. The van der Waals surface area contributed by atoms with Crippen molar-refractivity contribution in [2.24, 2.45) is 0 Å². The third kappa shape index (κ3) is 3.80. The average molecular weight is 325 g/mol. The van der Waals surface area contributed by atoms with Crippen LogP contribution < -0.4 is 5.32 Å². The van der Waals surface area contributed by atoms with Gasteiger partial charge in [-0.2, -0.15) is 0 Å². The summed E-state index contributed by atoms with van der Waals surface area (Å²) in [6.07, 6.45) is 1.56. The van der Waals surface area contributed by atoms with E-state index in [1.807, 2.05) is 0 Å². The molecule has 21 heavy (non-hydrogen) atoms. The van der Waals surface area contributed by atoms with Crippen molar-refractivity contribution in [2.75, 3.05) is 5.32 Å². The molecule has 0 bridgehead atoms. The highest BCUT2D eigenvalue weighted by atomic mass is 35.7. The predicted octanol–water partition coefficient (Wildman–Crippen LogP) is 2.88. The van der Waals surface area contributed by atoms with E-state index in [1.54, 1.807) is 32.2 Å². The molecule has 1 N–H and O–H groups in total. The molecule has 1 aromatic heterocycles. The minimum absolute atomic E-state index is 0.000536. The van der Waals surface area contributed by atoms with Crippen LogP contribution in [0.2, 0.25) is 0 Å². The van der Waals surface area contributed by atoms with Crippen LogP contribution in [0.25, 0.3) is 0 Å². The fourth-order valence-electron chi connectivity index (χ4n) is 1.81. The third-order valence-electron chi connectivity index (χ3n) is 2.89. The maximum atomic E-state index is 12.1. The lowest BCUT2D eigenvalue weighted by Crippen LogP contribution is -2.13. The van der Waals surface area contributed by atoms with Gasteiger partial charge in [0.1, 0.15) is 0 Å². The second kappa shape index (κ2) is 5.83. The Kier molecular flexibility index (Phi) is 4.29. The first kappa shape index (κ1) is 15.5. The monoisotopic (exact) mass is 324 g/mol. The number of hydrogen-bond donors (Lipinski definition) is 1. The quantitative estimate of drug-likeness (QED) is 0.881. The highest BCUT2D eigenvalue weighted by Crippen LogP contribution is 2.22.